The zero-order valence-corrected chi connectivity index (χ0v) is 13.2. The Bertz CT molecular complexity index is 222. The molecule has 112 valence electrons. The van der Waals surface area contributed by atoms with E-state index < -0.39 is 0 Å². The van der Waals surface area contributed by atoms with Crippen LogP contribution in [0.1, 0.15) is 78.1 Å². The third-order valence-corrected chi connectivity index (χ3v) is 5.72. The lowest BCUT2D eigenvalue weighted by Gasteiger charge is -2.37. The topological polar surface area (TPSA) is 9.23 Å². The molecule has 0 spiro atoms. The van der Waals surface area contributed by atoms with Crippen LogP contribution in [0.15, 0.2) is 0 Å². The molecule has 0 amide bonds. The van der Waals surface area contributed by atoms with Gasteiger partial charge in [-0.15, -0.1) is 0 Å². The molecule has 1 nitrogen and oxygen atoms in total. The van der Waals surface area contributed by atoms with Gasteiger partial charge in [0.2, 0.25) is 0 Å². The second-order valence-electron chi connectivity index (χ2n) is 7.14. The quantitative estimate of drug-likeness (QED) is 0.582. The Kier molecular flexibility index (Phi) is 6.70. The highest BCUT2D eigenvalue weighted by Gasteiger charge is 2.29. The maximum absolute atomic E-state index is 5.45. The Hall–Kier alpha value is -0.0400. The van der Waals surface area contributed by atoms with E-state index in [-0.39, 0.29) is 0 Å². The predicted octanol–water partition coefficient (Wildman–Crippen LogP) is 5.44. The molecule has 0 aromatic rings. The monoisotopic (exact) mass is 266 g/mol. The van der Waals surface area contributed by atoms with Crippen LogP contribution < -0.4 is 0 Å². The fraction of sp³-hybridized carbons (Fsp3) is 1.00. The van der Waals surface area contributed by atoms with E-state index >= 15 is 0 Å². The molecule has 2 fully saturated rings. The summed E-state index contributed by atoms with van der Waals surface area (Å²) in [4.78, 5) is 0. The van der Waals surface area contributed by atoms with Crippen LogP contribution in [0.25, 0.3) is 0 Å². The van der Waals surface area contributed by atoms with Crippen LogP contribution in [0, 0.1) is 23.7 Å². The molecule has 0 N–H and O–H groups in total. The van der Waals surface area contributed by atoms with Crippen molar-refractivity contribution < 1.29 is 4.74 Å². The van der Waals surface area contributed by atoms with E-state index in [1.54, 1.807) is 0 Å². The van der Waals surface area contributed by atoms with Crippen LogP contribution in [-0.2, 0) is 4.74 Å². The first-order chi connectivity index (χ1) is 9.29. The summed E-state index contributed by atoms with van der Waals surface area (Å²) >= 11 is 0. The minimum atomic E-state index is 0.882. The molecule has 2 saturated carbocycles. The smallest absolute Gasteiger partial charge is 0.0465 e. The fourth-order valence-corrected chi connectivity index (χ4v) is 4.32. The van der Waals surface area contributed by atoms with Crippen molar-refractivity contribution in [3.05, 3.63) is 0 Å². The standard InChI is InChI=1S/C18H34O/c1-3-19-14-4-5-16-8-12-18(13-9-16)17-10-6-15(2)7-11-17/h15-18H,3-14H2,1-2H3. The van der Waals surface area contributed by atoms with Crippen LogP contribution in [0.2, 0.25) is 0 Å². The van der Waals surface area contributed by atoms with Crippen LogP contribution >= 0.6 is 0 Å². The molecule has 0 aromatic heterocycles. The van der Waals surface area contributed by atoms with Crippen molar-refractivity contribution in [3.8, 4) is 0 Å². The van der Waals surface area contributed by atoms with Crippen molar-refractivity contribution in [3.63, 3.8) is 0 Å². The van der Waals surface area contributed by atoms with Gasteiger partial charge in [0, 0.05) is 13.2 Å². The molecule has 0 bridgehead atoms. The SMILES string of the molecule is CCOCCCC1CCC(C2CCC(C)CC2)CC1. The van der Waals surface area contributed by atoms with E-state index in [0.717, 1.165) is 36.9 Å². The van der Waals surface area contributed by atoms with Gasteiger partial charge < -0.3 is 4.74 Å². The summed E-state index contributed by atoms with van der Waals surface area (Å²) < 4.78 is 5.45. The molecule has 0 unspecified atom stereocenters. The summed E-state index contributed by atoms with van der Waals surface area (Å²) in [6.07, 6.45) is 14.8. The first-order valence-electron chi connectivity index (χ1n) is 8.87. The molecule has 2 aliphatic rings. The fourth-order valence-electron chi connectivity index (χ4n) is 4.32. The molecule has 0 radical (unpaired) electrons. The minimum Gasteiger partial charge on any atom is -0.382 e. The number of hydrogen-bond acceptors (Lipinski definition) is 1. The number of rotatable bonds is 6. The van der Waals surface area contributed by atoms with Crippen molar-refractivity contribution in [2.45, 2.75) is 78.1 Å². The molecule has 0 saturated heterocycles. The Morgan fingerprint density at radius 3 is 2.00 bits per heavy atom. The predicted molar refractivity (Wildman–Crippen MR) is 82.3 cm³/mol. The highest BCUT2D eigenvalue weighted by atomic mass is 16.5. The van der Waals surface area contributed by atoms with Gasteiger partial charge in [0.1, 0.15) is 0 Å². The maximum Gasteiger partial charge on any atom is 0.0465 e. The molecule has 0 atom stereocenters. The molecule has 2 rings (SSSR count). The van der Waals surface area contributed by atoms with Crippen molar-refractivity contribution >= 4 is 0 Å². The van der Waals surface area contributed by atoms with Crippen molar-refractivity contribution in [1.82, 2.24) is 0 Å². The average molecular weight is 266 g/mol. The van der Waals surface area contributed by atoms with Crippen molar-refractivity contribution in [2.24, 2.45) is 23.7 Å². The van der Waals surface area contributed by atoms with Gasteiger partial charge in [0.25, 0.3) is 0 Å². The van der Waals surface area contributed by atoms with E-state index in [0.29, 0.717) is 0 Å². The third kappa shape index (κ3) is 5.10. The number of ether oxygens (including phenoxy) is 1. The first-order valence-corrected chi connectivity index (χ1v) is 8.87. The van der Waals surface area contributed by atoms with E-state index in [2.05, 4.69) is 13.8 Å². The molecular weight excluding hydrogens is 232 g/mol. The van der Waals surface area contributed by atoms with Crippen LogP contribution in [-0.4, -0.2) is 13.2 Å². The Morgan fingerprint density at radius 2 is 1.42 bits per heavy atom. The van der Waals surface area contributed by atoms with E-state index in [4.69, 9.17) is 4.74 Å². The van der Waals surface area contributed by atoms with Gasteiger partial charge in [-0.3, -0.25) is 0 Å². The molecule has 0 heterocycles. The van der Waals surface area contributed by atoms with E-state index in [9.17, 15) is 0 Å². The lowest BCUT2D eigenvalue weighted by molar-refractivity contribution is 0.123. The first kappa shape index (κ1) is 15.4. The highest BCUT2D eigenvalue weighted by Crippen LogP contribution is 2.41. The average Bonchev–Trinajstić information content (AvgIpc) is 2.45. The zero-order chi connectivity index (χ0) is 13.5. The zero-order valence-electron chi connectivity index (χ0n) is 13.2. The van der Waals surface area contributed by atoms with Crippen molar-refractivity contribution in [2.75, 3.05) is 13.2 Å². The van der Waals surface area contributed by atoms with Gasteiger partial charge in [-0.2, -0.15) is 0 Å². The second kappa shape index (κ2) is 8.29. The van der Waals surface area contributed by atoms with Gasteiger partial charge in [0.05, 0.1) is 0 Å². The summed E-state index contributed by atoms with van der Waals surface area (Å²) in [5.74, 6) is 4.18. The van der Waals surface area contributed by atoms with Crippen LogP contribution in [0.5, 0.6) is 0 Å². The molecular formula is C18H34O. The number of hydrogen-bond donors (Lipinski definition) is 0. The Balaban J connectivity index is 1.59. The van der Waals surface area contributed by atoms with Gasteiger partial charge >= 0.3 is 0 Å². The highest BCUT2D eigenvalue weighted by molar-refractivity contribution is 4.81. The second-order valence-corrected chi connectivity index (χ2v) is 7.14. The summed E-state index contributed by atoms with van der Waals surface area (Å²) in [6.45, 7) is 6.39. The van der Waals surface area contributed by atoms with Crippen molar-refractivity contribution in [1.29, 1.82) is 0 Å². The molecule has 1 heteroatoms. The van der Waals surface area contributed by atoms with Crippen LogP contribution in [0.3, 0.4) is 0 Å². The lowest BCUT2D eigenvalue weighted by atomic mass is 9.69. The van der Waals surface area contributed by atoms with Gasteiger partial charge in [-0.25, -0.2) is 0 Å². The molecule has 0 aliphatic heterocycles. The summed E-state index contributed by atoms with van der Waals surface area (Å²) in [7, 11) is 0. The van der Waals surface area contributed by atoms with Gasteiger partial charge in [-0.1, -0.05) is 32.6 Å². The van der Waals surface area contributed by atoms with E-state index in [1.807, 2.05) is 0 Å². The normalized spacial score (nSPS) is 36.3. The van der Waals surface area contributed by atoms with E-state index in [1.165, 1.54) is 64.2 Å². The molecule has 2 aliphatic carbocycles. The largest absolute Gasteiger partial charge is 0.382 e. The maximum atomic E-state index is 5.45. The third-order valence-electron chi connectivity index (χ3n) is 5.72. The molecule has 0 aromatic carbocycles. The minimum absolute atomic E-state index is 0.882. The Morgan fingerprint density at radius 1 is 0.842 bits per heavy atom. The Labute approximate surface area is 120 Å². The lowest BCUT2D eigenvalue weighted by Crippen LogP contribution is -2.25. The van der Waals surface area contributed by atoms with Gasteiger partial charge in [-0.05, 0) is 69.1 Å². The summed E-state index contributed by atoms with van der Waals surface area (Å²) in [6, 6.07) is 0. The van der Waals surface area contributed by atoms with Crippen LogP contribution in [0.4, 0.5) is 0 Å². The molecule has 19 heavy (non-hydrogen) atoms. The van der Waals surface area contributed by atoms with Gasteiger partial charge in [0.15, 0.2) is 0 Å². The summed E-state index contributed by atoms with van der Waals surface area (Å²) in [5, 5.41) is 0. The summed E-state index contributed by atoms with van der Waals surface area (Å²) in [5.41, 5.74) is 0.